The average molecular weight is 401 g/mol. The van der Waals surface area contributed by atoms with E-state index < -0.39 is 20.3 Å². The molecule has 0 bridgehead atoms. The van der Waals surface area contributed by atoms with Crippen LogP contribution < -0.4 is 9.64 Å². The minimum Gasteiger partial charge on any atom is -0.482 e. The number of rotatable bonds is 2. The van der Waals surface area contributed by atoms with Gasteiger partial charge in [-0.15, -0.1) is 0 Å². The molecule has 144 valence electrons. The van der Waals surface area contributed by atoms with Gasteiger partial charge in [-0.25, -0.2) is 8.42 Å². The van der Waals surface area contributed by atoms with Gasteiger partial charge in [-0.1, -0.05) is 11.6 Å². The second-order valence-electron chi connectivity index (χ2n) is 8.48. The van der Waals surface area contributed by atoms with Crippen LogP contribution in [0.15, 0.2) is 18.2 Å². The predicted octanol–water partition coefficient (Wildman–Crippen LogP) is 3.05. The van der Waals surface area contributed by atoms with Crippen LogP contribution in [0.25, 0.3) is 0 Å². The summed E-state index contributed by atoms with van der Waals surface area (Å²) in [5, 5.41) is 0.529. The summed E-state index contributed by atoms with van der Waals surface area (Å²) in [5.74, 6) is 0.377. The largest absolute Gasteiger partial charge is 0.482 e. The van der Waals surface area contributed by atoms with Crippen molar-refractivity contribution in [1.29, 1.82) is 0 Å². The molecule has 1 amide bonds. The van der Waals surface area contributed by atoms with Crippen LogP contribution in [0.5, 0.6) is 5.75 Å². The highest BCUT2D eigenvalue weighted by Crippen LogP contribution is 2.42. The van der Waals surface area contributed by atoms with Crippen molar-refractivity contribution in [3.05, 3.63) is 23.2 Å². The molecule has 1 aromatic rings. The number of sulfonamides is 1. The molecule has 3 rings (SSSR count). The fraction of sp³-hybridized carbons (Fsp3) is 0.611. The van der Waals surface area contributed by atoms with Crippen LogP contribution >= 0.6 is 11.6 Å². The van der Waals surface area contributed by atoms with Crippen LogP contribution in [-0.2, 0) is 14.8 Å². The fourth-order valence-corrected chi connectivity index (χ4v) is 5.57. The van der Waals surface area contributed by atoms with Gasteiger partial charge in [-0.2, -0.15) is 4.31 Å². The molecule has 0 aliphatic carbocycles. The molecule has 0 saturated carbocycles. The third kappa shape index (κ3) is 3.10. The minimum absolute atomic E-state index is 0.0731. The molecule has 1 saturated heterocycles. The van der Waals surface area contributed by atoms with E-state index in [9.17, 15) is 13.2 Å². The second-order valence-corrected chi connectivity index (χ2v) is 11.5. The molecule has 1 aromatic carbocycles. The van der Waals surface area contributed by atoms with Crippen molar-refractivity contribution in [1.82, 2.24) is 4.31 Å². The lowest BCUT2D eigenvalue weighted by Crippen LogP contribution is -2.50. The number of nitrogens with zero attached hydrogens (tertiary/aromatic N) is 2. The van der Waals surface area contributed by atoms with Crippen molar-refractivity contribution in [2.24, 2.45) is 0 Å². The Morgan fingerprint density at radius 2 is 1.92 bits per heavy atom. The van der Waals surface area contributed by atoms with Crippen LogP contribution in [0.3, 0.4) is 0 Å². The Hall–Kier alpha value is -1.31. The number of ether oxygens (including phenoxy) is 1. The van der Waals surface area contributed by atoms with E-state index in [0.29, 0.717) is 22.9 Å². The molecular formula is C18H25ClN2O4S. The topological polar surface area (TPSA) is 66.9 Å². The molecule has 0 N–H and O–H groups in total. The second kappa shape index (κ2) is 6.11. The lowest BCUT2D eigenvalue weighted by atomic mass is 10.00. The number of hydrogen-bond acceptors (Lipinski definition) is 4. The van der Waals surface area contributed by atoms with E-state index in [4.69, 9.17) is 16.3 Å². The van der Waals surface area contributed by atoms with E-state index in [2.05, 4.69) is 0 Å². The highest BCUT2D eigenvalue weighted by molar-refractivity contribution is 7.90. The fourth-order valence-electron chi connectivity index (χ4n) is 3.65. The van der Waals surface area contributed by atoms with Crippen molar-refractivity contribution in [3.8, 4) is 5.75 Å². The van der Waals surface area contributed by atoms with Gasteiger partial charge in [-0.3, -0.25) is 4.79 Å². The van der Waals surface area contributed by atoms with E-state index in [0.717, 1.165) is 0 Å². The lowest BCUT2D eigenvalue weighted by Gasteiger charge is -2.35. The Morgan fingerprint density at radius 3 is 2.54 bits per heavy atom. The zero-order valence-electron chi connectivity index (χ0n) is 15.7. The average Bonchev–Trinajstić information content (AvgIpc) is 2.82. The zero-order chi connectivity index (χ0) is 19.5. The van der Waals surface area contributed by atoms with Crippen LogP contribution in [0.4, 0.5) is 5.69 Å². The van der Waals surface area contributed by atoms with E-state index in [1.807, 2.05) is 13.8 Å². The number of anilines is 1. The zero-order valence-corrected chi connectivity index (χ0v) is 17.3. The third-order valence-corrected chi connectivity index (χ3v) is 8.02. The van der Waals surface area contributed by atoms with Crippen molar-refractivity contribution in [2.75, 3.05) is 18.1 Å². The highest BCUT2D eigenvalue weighted by atomic mass is 35.5. The van der Waals surface area contributed by atoms with Gasteiger partial charge < -0.3 is 9.64 Å². The molecule has 2 heterocycles. The molecular weight excluding hydrogens is 376 g/mol. The summed E-state index contributed by atoms with van der Waals surface area (Å²) in [6.45, 7) is 9.10. The lowest BCUT2D eigenvalue weighted by molar-refractivity contribution is -0.121. The standard InChI is InChI=1S/C18H25ClN2O4S/c1-17(2,3)26(23,24)20-10-13(9-18(20,4)5)21-14-7-6-12(19)8-15(14)25-11-16(21)22/h6-8,13H,9-11H2,1-5H3. The first-order valence-corrected chi connectivity index (χ1v) is 10.4. The van der Waals surface area contributed by atoms with Crippen molar-refractivity contribution in [2.45, 2.75) is 57.4 Å². The number of benzene rings is 1. The highest BCUT2D eigenvalue weighted by Gasteiger charge is 2.51. The first-order valence-electron chi connectivity index (χ1n) is 8.61. The molecule has 0 spiro atoms. The van der Waals surface area contributed by atoms with Gasteiger partial charge in [0.25, 0.3) is 5.91 Å². The summed E-state index contributed by atoms with van der Waals surface area (Å²) in [7, 11) is -3.51. The number of hydrogen-bond donors (Lipinski definition) is 0. The molecule has 26 heavy (non-hydrogen) atoms. The molecule has 1 atom stereocenters. The van der Waals surface area contributed by atoms with Gasteiger partial charge >= 0.3 is 0 Å². The Balaban J connectivity index is 1.99. The van der Waals surface area contributed by atoms with Crippen LogP contribution in [0, 0.1) is 0 Å². The predicted molar refractivity (Wildman–Crippen MR) is 102 cm³/mol. The summed E-state index contributed by atoms with van der Waals surface area (Å²) in [6.07, 6.45) is 0.552. The summed E-state index contributed by atoms with van der Waals surface area (Å²) in [5.41, 5.74) is 0.0588. The maximum absolute atomic E-state index is 13.1. The molecule has 1 fully saturated rings. The van der Waals surface area contributed by atoms with Gasteiger partial charge in [0.05, 0.1) is 16.5 Å². The van der Waals surface area contributed by atoms with E-state index in [1.54, 1.807) is 48.2 Å². The normalized spacial score (nSPS) is 23.7. The summed E-state index contributed by atoms with van der Waals surface area (Å²) < 4.78 is 32.2. The van der Waals surface area contributed by atoms with Crippen molar-refractivity contribution in [3.63, 3.8) is 0 Å². The Kier molecular flexibility index (Phi) is 4.57. The van der Waals surface area contributed by atoms with E-state index in [-0.39, 0.29) is 25.1 Å². The molecule has 2 aliphatic rings. The quantitative estimate of drug-likeness (QED) is 0.765. The van der Waals surface area contributed by atoms with Gasteiger partial charge in [0.15, 0.2) is 6.61 Å². The van der Waals surface area contributed by atoms with Gasteiger partial charge in [-0.05, 0) is 53.2 Å². The monoisotopic (exact) mass is 400 g/mol. The smallest absolute Gasteiger partial charge is 0.265 e. The number of halogens is 1. The maximum Gasteiger partial charge on any atom is 0.265 e. The number of carbonyl (C=O) groups excluding carboxylic acids is 1. The Labute approximate surface area is 160 Å². The maximum atomic E-state index is 13.1. The molecule has 0 radical (unpaired) electrons. The molecule has 6 nitrogen and oxygen atoms in total. The third-order valence-electron chi connectivity index (χ3n) is 5.02. The van der Waals surface area contributed by atoms with Gasteiger partial charge in [0.1, 0.15) is 5.75 Å². The molecule has 8 heteroatoms. The van der Waals surface area contributed by atoms with Crippen LogP contribution in [0.1, 0.15) is 41.0 Å². The molecule has 1 unspecified atom stereocenters. The Morgan fingerprint density at radius 1 is 1.27 bits per heavy atom. The van der Waals surface area contributed by atoms with E-state index in [1.165, 1.54) is 0 Å². The number of amides is 1. The first-order chi connectivity index (χ1) is 11.8. The van der Waals surface area contributed by atoms with Gasteiger partial charge in [0, 0.05) is 23.2 Å². The number of fused-ring (bicyclic) bond motifs is 1. The SMILES string of the molecule is CC1(C)CC(N2C(=O)COc3cc(Cl)ccc32)CN1S(=O)(=O)C(C)(C)C. The van der Waals surface area contributed by atoms with Crippen molar-refractivity contribution >= 4 is 33.2 Å². The Bertz CT molecular complexity index is 845. The summed E-state index contributed by atoms with van der Waals surface area (Å²) in [4.78, 5) is 14.3. The van der Waals surface area contributed by atoms with E-state index >= 15 is 0 Å². The summed E-state index contributed by atoms with van der Waals surface area (Å²) >= 11 is 6.03. The molecule has 0 aromatic heterocycles. The first kappa shape index (κ1) is 19.5. The van der Waals surface area contributed by atoms with Crippen LogP contribution in [0.2, 0.25) is 5.02 Å². The minimum atomic E-state index is -3.51. The van der Waals surface area contributed by atoms with Gasteiger partial charge in [0.2, 0.25) is 10.0 Å². The van der Waals surface area contributed by atoms with Crippen LogP contribution in [-0.4, -0.2) is 48.1 Å². The van der Waals surface area contributed by atoms with Crippen molar-refractivity contribution < 1.29 is 17.9 Å². The summed E-state index contributed by atoms with van der Waals surface area (Å²) in [6, 6.07) is 4.89. The number of carbonyl (C=O) groups is 1. The molecule has 2 aliphatic heterocycles.